The summed E-state index contributed by atoms with van der Waals surface area (Å²) in [5.74, 6) is 0.358. The molecule has 2 aromatic rings. The SMILES string of the molecule is C[C@H]1CCCN(CC(=O)Nc2ccccc2C(=O)NCc2ccccc2)C1. The Hall–Kier alpha value is -2.66. The number of hydrogen-bond donors (Lipinski definition) is 2. The Balaban J connectivity index is 1.59. The molecule has 5 heteroatoms. The number of amides is 2. The highest BCUT2D eigenvalue weighted by atomic mass is 16.2. The molecule has 1 atom stereocenters. The second-order valence-corrected chi connectivity index (χ2v) is 7.24. The van der Waals surface area contributed by atoms with Crippen LogP contribution in [0.2, 0.25) is 0 Å². The number of rotatable bonds is 6. The zero-order valence-corrected chi connectivity index (χ0v) is 15.8. The first kappa shape index (κ1) is 19.1. The van der Waals surface area contributed by atoms with Gasteiger partial charge in [0.2, 0.25) is 5.91 Å². The molecule has 0 aliphatic carbocycles. The van der Waals surface area contributed by atoms with E-state index in [1.54, 1.807) is 18.2 Å². The zero-order chi connectivity index (χ0) is 19.1. The molecule has 1 aliphatic rings. The fraction of sp³-hybridized carbons (Fsp3) is 0.364. The lowest BCUT2D eigenvalue weighted by Gasteiger charge is -2.30. The summed E-state index contributed by atoms with van der Waals surface area (Å²) in [6.45, 7) is 4.94. The summed E-state index contributed by atoms with van der Waals surface area (Å²) in [5.41, 5.74) is 2.07. The quantitative estimate of drug-likeness (QED) is 0.826. The van der Waals surface area contributed by atoms with Gasteiger partial charge < -0.3 is 10.6 Å². The molecule has 2 amide bonds. The molecule has 2 aromatic carbocycles. The molecule has 142 valence electrons. The number of benzene rings is 2. The van der Waals surface area contributed by atoms with E-state index in [0.29, 0.717) is 30.3 Å². The Labute approximate surface area is 160 Å². The number of carbonyl (C=O) groups excluding carboxylic acids is 2. The molecule has 0 aromatic heterocycles. The van der Waals surface area contributed by atoms with E-state index in [4.69, 9.17) is 0 Å². The van der Waals surface area contributed by atoms with Gasteiger partial charge in [0.15, 0.2) is 0 Å². The number of nitrogens with one attached hydrogen (secondary N) is 2. The molecule has 1 heterocycles. The van der Waals surface area contributed by atoms with Crippen LogP contribution in [0.15, 0.2) is 54.6 Å². The number of piperidine rings is 1. The zero-order valence-electron chi connectivity index (χ0n) is 15.8. The third-order valence-electron chi connectivity index (χ3n) is 4.85. The van der Waals surface area contributed by atoms with Crippen LogP contribution in [0.25, 0.3) is 0 Å². The monoisotopic (exact) mass is 365 g/mol. The molecule has 0 spiro atoms. The van der Waals surface area contributed by atoms with E-state index in [1.807, 2.05) is 36.4 Å². The van der Waals surface area contributed by atoms with Crippen molar-refractivity contribution in [3.05, 3.63) is 65.7 Å². The second-order valence-electron chi connectivity index (χ2n) is 7.24. The van der Waals surface area contributed by atoms with Gasteiger partial charge in [0.1, 0.15) is 0 Å². The van der Waals surface area contributed by atoms with E-state index in [0.717, 1.165) is 25.1 Å². The molecule has 0 radical (unpaired) electrons. The Morgan fingerprint density at radius 3 is 2.59 bits per heavy atom. The lowest BCUT2D eigenvalue weighted by Crippen LogP contribution is -2.40. The van der Waals surface area contributed by atoms with Gasteiger partial charge in [-0.3, -0.25) is 14.5 Å². The molecule has 5 nitrogen and oxygen atoms in total. The van der Waals surface area contributed by atoms with Crippen molar-refractivity contribution >= 4 is 17.5 Å². The van der Waals surface area contributed by atoms with E-state index in [-0.39, 0.29) is 11.8 Å². The summed E-state index contributed by atoms with van der Waals surface area (Å²) in [4.78, 5) is 27.2. The van der Waals surface area contributed by atoms with Crippen molar-refractivity contribution in [2.45, 2.75) is 26.3 Å². The standard InChI is InChI=1S/C22H27N3O2/c1-17-8-7-13-25(15-17)16-21(26)24-20-12-6-5-11-19(20)22(27)23-14-18-9-3-2-4-10-18/h2-6,9-12,17H,7-8,13-16H2,1H3,(H,23,27)(H,24,26)/t17-/m0/s1. The van der Waals surface area contributed by atoms with Gasteiger partial charge in [-0.15, -0.1) is 0 Å². The van der Waals surface area contributed by atoms with Crippen molar-refractivity contribution in [3.63, 3.8) is 0 Å². The van der Waals surface area contributed by atoms with Crippen LogP contribution in [0.5, 0.6) is 0 Å². The first-order chi connectivity index (χ1) is 13.1. The summed E-state index contributed by atoms with van der Waals surface area (Å²) in [6.07, 6.45) is 2.36. The van der Waals surface area contributed by atoms with Gasteiger partial charge in [0.05, 0.1) is 17.8 Å². The van der Waals surface area contributed by atoms with Gasteiger partial charge in [-0.2, -0.15) is 0 Å². The van der Waals surface area contributed by atoms with Crippen molar-refractivity contribution in [1.82, 2.24) is 10.2 Å². The first-order valence-electron chi connectivity index (χ1n) is 9.55. The van der Waals surface area contributed by atoms with Gasteiger partial charge in [0.25, 0.3) is 5.91 Å². The molecule has 2 N–H and O–H groups in total. The number of likely N-dealkylation sites (tertiary alicyclic amines) is 1. The number of anilines is 1. The second kappa shape index (κ2) is 9.33. The van der Waals surface area contributed by atoms with E-state index < -0.39 is 0 Å². The average Bonchev–Trinajstić information content (AvgIpc) is 2.67. The smallest absolute Gasteiger partial charge is 0.253 e. The molecular weight excluding hydrogens is 338 g/mol. The van der Waals surface area contributed by atoms with Gasteiger partial charge in [-0.05, 0) is 43.0 Å². The molecule has 27 heavy (non-hydrogen) atoms. The largest absolute Gasteiger partial charge is 0.348 e. The first-order valence-corrected chi connectivity index (χ1v) is 9.55. The molecule has 0 bridgehead atoms. The molecular formula is C22H27N3O2. The highest BCUT2D eigenvalue weighted by molar-refractivity contribution is 6.04. The predicted molar refractivity (Wildman–Crippen MR) is 108 cm³/mol. The van der Waals surface area contributed by atoms with E-state index >= 15 is 0 Å². The van der Waals surface area contributed by atoms with Crippen LogP contribution in [-0.2, 0) is 11.3 Å². The van der Waals surface area contributed by atoms with Gasteiger partial charge in [-0.1, -0.05) is 49.4 Å². The van der Waals surface area contributed by atoms with Gasteiger partial charge in [-0.25, -0.2) is 0 Å². The summed E-state index contributed by atoms with van der Waals surface area (Å²) < 4.78 is 0. The Morgan fingerprint density at radius 1 is 1.07 bits per heavy atom. The minimum atomic E-state index is -0.193. The average molecular weight is 365 g/mol. The lowest BCUT2D eigenvalue weighted by atomic mass is 10.0. The van der Waals surface area contributed by atoms with Crippen molar-refractivity contribution in [2.75, 3.05) is 25.0 Å². The third-order valence-corrected chi connectivity index (χ3v) is 4.85. The summed E-state index contributed by atoms with van der Waals surface area (Å²) >= 11 is 0. The van der Waals surface area contributed by atoms with Crippen molar-refractivity contribution in [1.29, 1.82) is 0 Å². The number of para-hydroxylation sites is 1. The van der Waals surface area contributed by atoms with Crippen LogP contribution in [0, 0.1) is 5.92 Å². The van der Waals surface area contributed by atoms with E-state index in [2.05, 4.69) is 22.5 Å². The molecule has 1 fully saturated rings. The fourth-order valence-electron chi connectivity index (χ4n) is 3.49. The molecule has 3 rings (SSSR count). The summed E-state index contributed by atoms with van der Waals surface area (Å²) in [5, 5.41) is 5.83. The molecule has 0 saturated carbocycles. The van der Waals surface area contributed by atoms with E-state index in [9.17, 15) is 9.59 Å². The van der Waals surface area contributed by atoms with E-state index in [1.165, 1.54) is 6.42 Å². The van der Waals surface area contributed by atoms with Crippen molar-refractivity contribution < 1.29 is 9.59 Å². The van der Waals surface area contributed by atoms with Crippen LogP contribution in [0.4, 0.5) is 5.69 Å². The minimum absolute atomic E-state index is 0.0765. The number of nitrogens with zero attached hydrogens (tertiary/aromatic N) is 1. The summed E-state index contributed by atoms with van der Waals surface area (Å²) in [7, 11) is 0. The maximum atomic E-state index is 12.6. The van der Waals surface area contributed by atoms with Crippen molar-refractivity contribution in [2.24, 2.45) is 5.92 Å². The van der Waals surface area contributed by atoms with Crippen molar-refractivity contribution in [3.8, 4) is 0 Å². The number of carbonyl (C=O) groups is 2. The maximum absolute atomic E-state index is 12.6. The van der Waals surface area contributed by atoms with Gasteiger partial charge in [0, 0.05) is 13.1 Å². The minimum Gasteiger partial charge on any atom is -0.348 e. The Kier molecular flexibility index (Phi) is 6.60. The highest BCUT2D eigenvalue weighted by Gasteiger charge is 2.19. The van der Waals surface area contributed by atoms with Gasteiger partial charge >= 0.3 is 0 Å². The Bertz CT molecular complexity index is 776. The van der Waals surface area contributed by atoms with Crippen LogP contribution in [0.1, 0.15) is 35.7 Å². The molecule has 0 unspecified atom stereocenters. The van der Waals surface area contributed by atoms with Crippen LogP contribution >= 0.6 is 0 Å². The van der Waals surface area contributed by atoms with Crippen LogP contribution in [-0.4, -0.2) is 36.3 Å². The highest BCUT2D eigenvalue weighted by Crippen LogP contribution is 2.17. The fourth-order valence-corrected chi connectivity index (χ4v) is 3.49. The molecule has 1 aliphatic heterocycles. The predicted octanol–water partition coefficient (Wildman–Crippen LogP) is 3.29. The molecule has 1 saturated heterocycles. The maximum Gasteiger partial charge on any atom is 0.253 e. The third kappa shape index (κ3) is 5.66. The topological polar surface area (TPSA) is 61.4 Å². The van der Waals surface area contributed by atoms with Crippen LogP contribution < -0.4 is 10.6 Å². The summed E-state index contributed by atoms with van der Waals surface area (Å²) in [6, 6.07) is 16.9. The lowest BCUT2D eigenvalue weighted by molar-refractivity contribution is -0.117. The van der Waals surface area contributed by atoms with Crippen LogP contribution in [0.3, 0.4) is 0 Å². The normalized spacial score (nSPS) is 17.3. The number of hydrogen-bond acceptors (Lipinski definition) is 3. The Morgan fingerprint density at radius 2 is 1.81 bits per heavy atom.